The largest absolute Gasteiger partial charge is 0.310 e. The number of sulfonamides is 1. The van der Waals surface area contributed by atoms with E-state index in [0.717, 1.165) is 6.42 Å². The van der Waals surface area contributed by atoms with Crippen LogP contribution in [0.5, 0.6) is 0 Å². The van der Waals surface area contributed by atoms with E-state index in [9.17, 15) is 8.42 Å². The molecule has 1 aromatic heterocycles. The number of rotatable bonds is 8. The van der Waals surface area contributed by atoms with Crippen molar-refractivity contribution in [2.75, 3.05) is 6.54 Å². The predicted molar refractivity (Wildman–Crippen MR) is 75.2 cm³/mol. The minimum atomic E-state index is -3.50. The fourth-order valence-electron chi connectivity index (χ4n) is 1.53. The molecule has 1 heterocycles. The summed E-state index contributed by atoms with van der Waals surface area (Å²) in [4.78, 5) is 0. The van der Waals surface area contributed by atoms with Crippen molar-refractivity contribution in [1.82, 2.24) is 20.2 Å². The molecule has 0 saturated carbocycles. The molecule has 1 rings (SSSR count). The Morgan fingerprint density at radius 2 is 2.00 bits per heavy atom. The van der Waals surface area contributed by atoms with Gasteiger partial charge in [0, 0.05) is 24.7 Å². The van der Waals surface area contributed by atoms with Gasteiger partial charge in [0.2, 0.25) is 0 Å². The van der Waals surface area contributed by atoms with Crippen LogP contribution in [0, 0.1) is 5.92 Å². The summed E-state index contributed by atoms with van der Waals surface area (Å²) in [5.74, 6) is 0.464. The van der Waals surface area contributed by atoms with Gasteiger partial charge in [-0.25, -0.2) is 13.1 Å². The molecule has 0 saturated heterocycles. The van der Waals surface area contributed by atoms with Gasteiger partial charge in [-0.15, -0.1) is 0 Å². The van der Waals surface area contributed by atoms with Crippen LogP contribution in [0.2, 0.25) is 0 Å². The number of hydrogen-bond donors (Lipinski definition) is 3. The second-order valence-corrected chi connectivity index (χ2v) is 7.04. The van der Waals surface area contributed by atoms with Gasteiger partial charge in [0.1, 0.15) is 0 Å². The van der Waals surface area contributed by atoms with Crippen LogP contribution < -0.4 is 10.0 Å². The molecule has 0 bridgehead atoms. The van der Waals surface area contributed by atoms with Gasteiger partial charge < -0.3 is 5.32 Å². The highest BCUT2D eigenvalue weighted by Gasteiger charge is 2.20. The molecule has 0 aliphatic heterocycles. The number of hydrogen-bond acceptors (Lipinski definition) is 4. The second kappa shape index (κ2) is 7.02. The average Bonchev–Trinajstić information content (AvgIpc) is 2.74. The van der Waals surface area contributed by atoms with E-state index in [1.54, 1.807) is 6.20 Å². The molecule has 0 fully saturated rings. The Balaban J connectivity index is 2.70. The predicted octanol–water partition coefficient (Wildman–Crippen LogP) is 1.23. The Morgan fingerprint density at radius 1 is 1.32 bits per heavy atom. The van der Waals surface area contributed by atoms with Crippen LogP contribution in [0.15, 0.2) is 11.2 Å². The monoisotopic (exact) mass is 288 g/mol. The number of nitrogens with zero attached hydrogens (tertiary/aromatic N) is 1. The molecule has 0 atom stereocenters. The zero-order chi connectivity index (χ0) is 14.5. The summed E-state index contributed by atoms with van der Waals surface area (Å²) in [6.07, 6.45) is 2.36. The lowest BCUT2D eigenvalue weighted by Gasteiger charge is -2.10. The van der Waals surface area contributed by atoms with Gasteiger partial charge in [-0.3, -0.25) is 5.10 Å². The maximum Gasteiger partial charge on any atom is 0.257 e. The molecule has 0 spiro atoms. The number of aromatic nitrogens is 2. The van der Waals surface area contributed by atoms with Crippen LogP contribution in [-0.2, 0) is 16.6 Å². The van der Waals surface area contributed by atoms with Crippen LogP contribution in [0.4, 0.5) is 0 Å². The van der Waals surface area contributed by atoms with E-state index < -0.39 is 10.0 Å². The summed E-state index contributed by atoms with van der Waals surface area (Å²) in [6, 6.07) is 0.291. The second-order valence-electron chi connectivity index (χ2n) is 5.34. The lowest BCUT2D eigenvalue weighted by molar-refractivity contribution is 0.545. The first kappa shape index (κ1) is 16.1. The maximum atomic E-state index is 12.1. The molecule has 0 unspecified atom stereocenters. The zero-order valence-corrected chi connectivity index (χ0v) is 12.8. The van der Waals surface area contributed by atoms with Crippen LogP contribution in [0.25, 0.3) is 0 Å². The smallest absolute Gasteiger partial charge is 0.257 e. The Hall–Kier alpha value is -0.920. The Kier molecular flexibility index (Phi) is 5.96. The molecule has 0 aliphatic rings. The molecule has 0 aromatic carbocycles. The van der Waals surface area contributed by atoms with Crippen molar-refractivity contribution in [1.29, 1.82) is 0 Å². The first-order valence-electron chi connectivity index (χ1n) is 6.58. The van der Waals surface area contributed by atoms with E-state index in [2.05, 4.69) is 34.1 Å². The molecule has 3 N–H and O–H groups in total. The van der Waals surface area contributed by atoms with Crippen molar-refractivity contribution in [2.45, 2.75) is 51.7 Å². The minimum Gasteiger partial charge on any atom is -0.310 e. The summed E-state index contributed by atoms with van der Waals surface area (Å²) in [5, 5.41) is 9.73. The van der Waals surface area contributed by atoms with Gasteiger partial charge in [-0.05, 0) is 12.3 Å². The molecule has 0 aliphatic carbocycles. The third-order valence-electron chi connectivity index (χ3n) is 2.66. The summed E-state index contributed by atoms with van der Waals surface area (Å²) >= 11 is 0. The topological polar surface area (TPSA) is 86.9 Å². The number of H-pyrrole nitrogens is 1. The van der Waals surface area contributed by atoms with E-state index in [1.807, 2.05) is 13.8 Å². The fourth-order valence-corrected chi connectivity index (χ4v) is 2.70. The summed E-state index contributed by atoms with van der Waals surface area (Å²) in [7, 11) is -3.50. The Bertz CT molecular complexity index is 480. The molecule has 19 heavy (non-hydrogen) atoms. The quantitative estimate of drug-likeness (QED) is 0.671. The summed E-state index contributed by atoms with van der Waals surface area (Å²) in [5.41, 5.74) is 0.658. The number of nitrogens with one attached hydrogen (secondary N) is 3. The molecule has 0 radical (unpaired) electrons. The summed E-state index contributed by atoms with van der Waals surface area (Å²) in [6.45, 7) is 9.06. The summed E-state index contributed by atoms with van der Waals surface area (Å²) < 4.78 is 26.9. The third-order valence-corrected chi connectivity index (χ3v) is 4.14. The van der Waals surface area contributed by atoms with Crippen LogP contribution in [0.3, 0.4) is 0 Å². The van der Waals surface area contributed by atoms with Gasteiger partial charge in [0.15, 0.2) is 5.03 Å². The van der Waals surface area contributed by atoms with Crippen molar-refractivity contribution in [3.8, 4) is 0 Å². The SMILES string of the molecule is CC(C)CCNS(=O)(=O)c1[nH]ncc1CNC(C)C. The molecule has 1 aromatic rings. The van der Waals surface area contributed by atoms with Gasteiger partial charge in [-0.1, -0.05) is 27.7 Å². The van der Waals surface area contributed by atoms with Gasteiger partial charge >= 0.3 is 0 Å². The maximum absolute atomic E-state index is 12.1. The highest BCUT2D eigenvalue weighted by atomic mass is 32.2. The van der Waals surface area contributed by atoms with Crippen molar-refractivity contribution in [3.63, 3.8) is 0 Å². The normalized spacial score (nSPS) is 12.5. The van der Waals surface area contributed by atoms with Crippen molar-refractivity contribution in [3.05, 3.63) is 11.8 Å². The molecule has 110 valence electrons. The van der Waals surface area contributed by atoms with Crippen LogP contribution >= 0.6 is 0 Å². The van der Waals surface area contributed by atoms with Gasteiger partial charge in [0.05, 0.1) is 6.20 Å². The van der Waals surface area contributed by atoms with Crippen molar-refractivity contribution in [2.24, 2.45) is 5.92 Å². The van der Waals surface area contributed by atoms with E-state index >= 15 is 0 Å². The van der Waals surface area contributed by atoms with Crippen LogP contribution in [0.1, 0.15) is 39.7 Å². The van der Waals surface area contributed by atoms with Crippen LogP contribution in [-0.4, -0.2) is 31.2 Å². The highest BCUT2D eigenvalue weighted by molar-refractivity contribution is 7.89. The van der Waals surface area contributed by atoms with E-state index in [-0.39, 0.29) is 5.03 Å². The first-order valence-corrected chi connectivity index (χ1v) is 8.06. The molecule has 0 amide bonds. The Labute approximate surface area is 115 Å². The van der Waals surface area contributed by atoms with E-state index in [0.29, 0.717) is 30.6 Å². The highest BCUT2D eigenvalue weighted by Crippen LogP contribution is 2.12. The third kappa shape index (κ3) is 5.30. The minimum absolute atomic E-state index is 0.157. The van der Waals surface area contributed by atoms with Gasteiger partial charge in [-0.2, -0.15) is 5.10 Å². The standard InChI is InChI=1S/C12H24N4O2S/c1-9(2)5-6-15-19(17,18)12-11(8-14-16-12)7-13-10(3)4/h8-10,13,15H,5-7H2,1-4H3,(H,14,16). The molecular weight excluding hydrogens is 264 g/mol. The van der Waals surface area contributed by atoms with Gasteiger partial charge in [0.25, 0.3) is 10.0 Å². The zero-order valence-electron chi connectivity index (χ0n) is 12.0. The average molecular weight is 288 g/mol. The Morgan fingerprint density at radius 3 is 2.58 bits per heavy atom. The molecule has 7 heteroatoms. The fraction of sp³-hybridized carbons (Fsp3) is 0.750. The molecular formula is C12H24N4O2S. The number of aromatic amines is 1. The van der Waals surface area contributed by atoms with E-state index in [1.165, 1.54) is 0 Å². The van der Waals surface area contributed by atoms with Crippen molar-refractivity contribution < 1.29 is 8.42 Å². The molecule has 6 nitrogen and oxygen atoms in total. The first-order chi connectivity index (χ1) is 8.83. The lowest BCUT2D eigenvalue weighted by atomic mass is 10.1. The van der Waals surface area contributed by atoms with E-state index in [4.69, 9.17) is 0 Å². The van der Waals surface area contributed by atoms with Crippen molar-refractivity contribution >= 4 is 10.0 Å². The lowest BCUT2D eigenvalue weighted by Crippen LogP contribution is -2.28.